The number of carbonyl (C=O) groups excluding carboxylic acids is 2. The topological polar surface area (TPSA) is 116 Å². The first-order chi connectivity index (χ1) is 11.6. The third-order valence-electron chi connectivity index (χ3n) is 3.35. The van der Waals surface area contributed by atoms with E-state index in [1.807, 2.05) is 6.07 Å². The largest absolute Gasteiger partial charge is 0.368 e. The van der Waals surface area contributed by atoms with E-state index in [2.05, 4.69) is 20.4 Å². The number of nitrogens with zero attached hydrogens (tertiary/aromatic N) is 4. The van der Waals surface area contributed by atoms with Gasteiger partial charge in [-0.05, 0) is 17.7 Å². The van der Waals surface area contributed by atoms with Crippen LogP contribution in [0, 0.1) is 0 Å². The fourth-order valence-electron chi connectivity index (χ4n) is 2.19. The minimum absolute atomic E-state index is 0.331. The van der Waals surface area contributed by atoms with Crippen molar-refractivity contribution in [1.29, 1.82) is 0 Å². The first-order valence-electron chi connectivity index (χ1n) is 7.11. The van der Waals surface area contributed by atoms with E-state index in [-0.39, 0.29) is 0 Å². The lowest BCUT2D eigenvalue weighted by Crippen LogP contribution is -2.37. The number of benzene rings is 1. The van der Waals surface area contributed by atoms with E-state index in [1.165, 1.54) is 23.5 Å². The summed E-state index contributed by atoms with van der Waals surface area (Å²) in [6, 6.07) is 11.0. The fraction of sp³-hybridized carbons (Fsp3) is 0.0625. The summed E-state index contributed by atoms with van der Waals surface area (Å²) in [5.41, 5.74) is 6.36. The van der Waals surface area contributed by atoms with Gasteiger partial charge in [-0.1, -0.05) is 30.3 Å². The van der Waals surface area contributed by atoms with Crippen LogP contribution in [-0.4, -0.2) is 31.6 Å². The van der Waals surface area contributed by atoms with E-state index in [0.717, 1.165) is 0 Å². The summed E-state index contributed by atoms with van der Waals surface area (Å²) in [6.45, 7) is 0. The summed E-state index contributed by atoms with van der Waals surface area (Å²) < 4.78 is 1.43. The summed E-state index contributed by atoms with van der Waals surface area (Å²) in [5.74, 6) is -0.637. The molecule has 2 amide bonds. The van der Waals surface area contributed by atoms with E-state index in [0.29, 0.717) is 16.9 Å². The molecule has 0 aliphatic heterocycles. The van der Waals surface area contributed by atoms with Crippen molar-refractivity contribution in [3.63, 3.8) is 0 Å². The smallest absolute Gasteiger partial charge is 0.252 e. The van der Waals surface area contributed by atoms with Gasteiger partial charge in [0.05, 0.1) is 0 Å². The third-order valence-corrected chi connectivity index (χ3v) is 3.35. The van der Waals surface area contributed by atoms with Gasteiger partial charge in [0.1, 0.15) is 18.7 Å². The molecule has 1 aromatic carbocycles. The van der Waals surface area contributed by atoms with Crippen LogP contribution in [0.4, 0.5) is 0 Å². The zero-order valence-corrected chi connectivity index (χ0v) is 12.5. The van der Waals surface area contributed by atoms with Crippen molar-refractivity contribution >= 4 is 11.8 Å². The Morgan fingerprint density at radius 1 is 1.17 bits per heavy atom. The van der Waals surface area contributed by atoms with Crippen molar-refractivity contribution in [2.45, 2.75) is 6.04 Å². The molecule has 2 heterocycles. The summed E-state index contributed by atoms with van der Waals surface area (Å²) in [5, 5.41) is 6.60. The van der Waals surface area contributed by atoms with Gasteiger partial charge in [0.2, 0.25) is 5.91 Å². The molecule has 8 heteroatoms. The molecule has 0 spiro atoms. The predicted octanol–water partition coefficient (Wildman–Crippen LogP) is 0.619. The van der Waals surface area contributed by atoms with Crippen molar-refractivity contribution in [1.82, 2.24) is 25.1 Å². The highest BCUT2D eigenvalue weighted by molar-refractivity contribution is 5.97. The summed E-state index contributed by atoms with van der Waals surface area (Å²) in [4.78, 5) is 32.1. The van der Waals surface area contributed by atoms with Crippen LogP contribution in [0.15, 0.2) is 61.3 Å². The maximum absolute atomic E-state index is 12.5. The molecule has 3 rings (SSSR count). The van der Waals surface area contributed by atoms with Crippen LogP contribution in [-0.2, 0) is 4.79 Å². The molecule has 0 fully saturated rings. The monoisotopic (exact) mass is 322 g/mol. The van der Waals surface area contributed by atoms with Crippen molar-refractivity contribution in [2.75, 3.05) is 0 Å². The summed E-state index contributed by atoms with van der Waals surface area (Å²) in [7, 11) is 0. The Morgan fingerprint density at radius 2 is 1.96 bits per heavy atom. The molecule has 8 nitrogen and oxygen atoms in total. The number of carbonyl (C=O) groups is 2. The molecule has 120 valence electrons. The van der Waals surface area contributed by atoms with Crippen molar-refractivity contribution < 1.29 is 9.59 Å². The van der Waals surface area contributed by atoms with E-state index in [9.17, 15) is 9.59 Å². The second kappa shape index (κ2) is 6.69. The second-order valence-electron chi connectivity index (χ2n) is 4.96. The Hall–Kier alpha value is -3.55. The van der Waals surface area contributed by atoms with Gasteiger partial charge in [-0.15, -0.1) is 0 Å². The normalized spacial score (nSPS) is 11.7. The zero-order valence-electron chi connectivity index (χ0n) is 12.5. The molecular weight excluding hydrogens is 308 g/mol. The number of aromatic nitrogens is 4. The number of pyridine rings is 1. The van der Waals surface area contributed by atoms with Crippen LogP contribution in [0.2, 0.25) is 0 Å². The van der Waals surface area contributed by atoms with Gasteiger partial charge < -0.3 is 11.1 Å². The Kier molecular flexibility index (Phi) is 4.28. The van der Waals surface area contributed by atoms with E-state index >= 15 is 0 Å². The lowest BCUT2D eigenvalue weighted by atomic mass is 10.1. The van der Waals surface area contributed by atoms with Gasteiger partial charge in [0, 0.05) is 11.8 Å². The van der Waals surface area contributed by atoms with E-state index < -0.39 is 17.9 Å². The lowest BCUT2D eigenvalue weighted by molar-refractivity contribution is -0.120. The molecule has 0 aliphatic carbocycles. The van der Waals surface area contributed by atoms with Gasteiger partial charge in [-0.2, -0.15) is 5.10 Å². The summed E-state index contributed by atoms with van der Waals surface area (Å²) >= 11 is 0. The highest BCUT2D eigenvalue weighted by atomic mass is 16.2. The van der Waals surface area contributed by atoms with Gasteiger partial charge in [-0.3, -0.25) is 9.59 Å². The Labute approximate surface area is 137 Å². The predicted molar refractivity (Wildman–Crippen MR) is 85.0 cm³/mol. The molecule has 0 radical (unpaired) electrons. The molecule has 0 bridgehead atoms. The minimum atomic E-state index is -0.915. The highest BCUT2D eigenvalue weighted by Crippen LogP contribution is 2.14. The lowest BCUT2D eigenvalue weighted by Gasteiger charge is -2.16. The van der Waals surface area contributed by atoms with Gasteiger partial charge in [0.25, 0.3) is 5.91 Å². The average molecular weight is 322 g/mol. The van der Waals surface area contributed by atoms with E-state index in [4.69, 9.17) is 5.73 Å². The minimum Gasteiger partial charge on any atom is -0.368 e. The van der Waals surface area contributed by atoms with Crippen LogP contribution in [0.3, 0.4) is 0 Å². The number of primary amides is 1. The summed E-state index contributed by atoms with van der Waals surface area (Å²) in [6.07, 6.45) is 4.32. The van der Waals surface area contributed by atoms with Crippen LogP contribution in [0.25, 0.3) is 5.82 Å². The number of amides is 2. The molecule has 1 unspecified atom stereocenters. The molecule has 3 aromatic rings. The molecule has 24 heavy (non-hydrogen) atoms. The van der Waals surface area contributed by atoms with Gasteiger partial charge in [0.15, 0.2) is 5.82 Å². The average Bonchev–Trinajstić information content (AvgIpc) is 3.15. The van der Waals surface area contributed by atoms with Crippen LogP contribution in [0.5, 0.6) is 0 Å². The molecule has 0 saturated carbocycles. The Morgan fingerprint density at radius 3 is 2.62 bits per heavy atom. The van der Waals surface area contributed by atoms with Crippen LogP contribution < -0.4 is 11.1 Å². The molecule has 2 aromatic heterocycles. The Bertz CT molecular complexity index is 848. The standard InChI is InChI=1S/C16H14N6O2/c17-15(23)14(11-4-2-1-3-5-11)21-16(24)12-6-7-19-13(8-12)22-10-18-9-20-22/h1-10,14H,(H2,17,23)(H,21,24). The quantitative estimate of drug-likeness (QED) is 0.714. The molecule has 1 atom stereocenters. The molecule has 0 saturated heterocycles. The molecule has 0 aliphatic rings. The van der Waals surface area contributed by atoms with Crippen LogP contribution >= 0.6 is 0 Å². The first kappa shape index (κ1) is 15.3. The maximum atomic E-state index is 12.5. The number of nitrogens with two attached hydrogens (primary N) is 1. The number of rotatable bonds is 5. The molecule has 3 N–H and O–H groups in total. The number of nitrogens with one attached hydrogen (secondary N) is 1. The first-order valence-corrected chi connectivity index (χ1v) is 7.11. The maximum Gasteiger partial charge on any atom is 0.252 e. The third kappa shape index (κ3) is 3.27. The second-order valence-corrected chi connectivity index (χ2v) is 4.96. The number of hydrogen-bond acceptors (Lipinski definition) is 5. The van der Waals surface area contributed by atoms with Crippen LogP contribution in [0.1, 0.15) is 22.0 Å². The highest BCUT2D eigenvalue weighted by Gasteiger charge is 2.21. The Balaban J connectivity index is 1.84. The van der Waals surface area contributed by atoms with Gasteiger partial charge in [-0.25, -0.2) is 14.6 Å². The van der Waals surface area contributed by atoms with Crippen molar-refractivity contribution in [2.24, 2.45) is 5.73 Å². The van der Waals surface area contributed by atoms with E-state index in [1.54, 1.807) is 36.4 Å². The SMILES string of the molecule is NC(=O)C(NC(=O)c1ccnc(-n2cncn2)c1)c1ccccc1. The van der Waals surface area contributed by atoms with Gasteiger partial charge >= 0.3 is 0 Å². The molecular formula is C16H14N6O2. The fourth-order valence-corrected chi connectivity index (χ4v) is 2.19. The van der Waals surface area contributed by atoms with Crippen molar-refractivity contribution in [3.05, 3.63) is 72.4 Å². The zero-order chi connectivity index (χ0) is 16.9. The number of hydrogen-bond donors (Lipinski definition) is 2. The van der Waals surface area contributed by atoms with Crippen molar-refractivity contribution in [3.8, 4) is 5.82 Å².